The molecule has 1 heterocycles. The van der Waals surface area contributed by atoms with Crippen LogP contribution in [0.1, 0.15) is 11.3 Å². The van der Waals surface area contributed by atoms with Crippen molar-refractivity contribution in [1.82, 2.24) is 4.57 Å². The maximum absolute atomic E-state index is 13.3. The smallest absolute Gasteiger partial charge is 0.321 e. The van der Waals surface area contributed by atoms with Gasteiger partial charge < -0.3 is 4.57 Å². The molecule has 0 fully saturated rings. The number of halogens is 5. The molecule has 0 saturated carbocycles. The van der Waals surface area contributed by atoms with Crippen LogP contribution in [0.4, 0.5) is 13.2 Å². The minimum absolute atomic E-state index is 0.0277. The van der Waals surface area contributed by atoms with Crippen molar-refractivity contribution in [2.45, 2.75) is 12.7 Å². The highest BCUT2D eigenvalue weighted by molar-refractivity contribution is 9.10. The molecule has 2 aromatic rings. The molecular weight excluding hydrogens is 383 g/mol. The van der Waals surface area contributed by atoms with Gasteiger partial charge in [0.25, 0.3) is 0 Å². The lowest BCUT2D eigenvalue weighted by molar-refractivity contribution is -0.143. The van der Waals surface area contributed by atoms with Crippen LogP contribution >= 0.6 is 27.5 Å². The van der Waals surface area contributed by atoms with Crippen LogP contribution in [0.15, 0.2) is 28.7 Å². The van der Waals surface area contributed by atoms with Gasteiger partial charge in [-0.2, -0.15) is 23.7 Å². The number of nitriles is 2. The standard InChI is InChI=1S/C14H6BrClF3N3/c15-11-10(7-21)12(8-1-3-9(16)4-2-8)22(6-5-20)13(11)14(17,18)19/h1-4H,6H2. The summed E-state index contributed by atoms with van der Waals surface area (Å²) in [5, 5.41) is 18.5. The van der Waals surface area contributed by atoms with Gasteiger partial charge in [-0.15, -0.1) is 0 Å². The fourth-order valence-electron chi connectivity index (χ4n) is 2.10. The van der Waals surface area contributed by atoms with Crippen molar-refractivity contribution >= 4 is 27.5 Å². The number of nitrogens with zero attached hydrogens (tertiary/aromatic N) is 3. The maximum Gasteiger partial charge on any atom is 0.432 e. The van der Waals surface area contributed by atoms with Crippen LogP contribution in [-0.2, 0) is 12.7 Å². The Labute approximate surface area is 137 Å². The summed E-state index contributed by atoms with van der Waals surface area (Å²) in [4.78, 5) is 0. The third kappa shape index (κ3) is 2.83. The van der Waals surface area contributed by atoms with Gasteiger partial charge in [0.1, 0.15) is 18.3 Å². The van der Waals surface area contributed by atoms with Gasteiger partial charge in [-0.05, 0) is 33.6 Å². The van der Waals surface area contributed by atoms with Gasteiger partial charge in [-0.3, -0.25) is 0 Å². The van der Waals surface area contributed by atoms with E-state index in [1.807, 2.05) is 0 Å². The fraction of sp³-hybridized carbons (Fsp3) is 0.143. The van der Waals surface area contributed by atoms with Crippen molar-refractivity contribution < 1.29 is 13.2 Å². The molecule has 0 spiro atoms. The van der Waals surface area contributed by atoms with Crippen LogP contribution in [0.5, 0.6) is 0 Å². The SMILES string of the molecule is N#CCn1c(-c2ccc(Cl)cc2)c(C#N)c(Br)c1C(F)(F)F. The summed E-state index contributed by atoms with van der Waals surface area (Å²) in [6.45, 7) is -0.535. The van der Waals surface area contributed by atoms with E-state index in [1.165, 1.54) is 24.3 Å². The lowest BCUT2D eigenvalue weighted by Gasteiger charge is -2.12. The summed E-state index contributed by atoms with van der Waals surface area (Å²) in [5.41, 5.74) is -0.840. The molecule has 0 N–H and O–H groups in total. The van der Waals surface area contributed by atoms with Crippen molar-refractivity contribution in [3.8, 4) is 23.4 Å². The van der Waals surface area contributed by atoms with Crippen LogP contribution in [0.3, 0.4) is 0 Å². The molecule has 8 heteroatoms. The molecule has 22 heavy (non-hydrogen) atoms. The zero-order valence-electron chi connectivity index (χ0n) is 10.7. The summed E-state index contributed by atoms with van der Waals surface area (Å²) in [5.74, 6) is 0. The van der Waals surface area contributed by atoms with E-state index in [0.29, 0.717) is 10.6 Å². The van der Waals surface area contributed by atoms with E-state index in [4.69, 9.17) is 16.9 Å². The highest BCUT2D eigenvalue weighted by Crippen LogP contribution is 2.43. The Morgan fingerprint density at radius 2 is 1.77 bits per heavy atom. The lowest BCUT2D eigenvalue weighted by Crippen LogP contribution is -2.14. The number of aromatic nitrogens is 1. The van der Waals surface area contributed by atoms with Crippen LogP contribution in [-0.4, -0.2) is 4.57 Å². The zero-order valence-corrected chi connectivity index (χ0v) is 13.1. The molecule has 112 valence electrons. The minimum Gasteiger partial charge on any atom is -0.321 e. The first kappa shape index (κ1) is 16.4. The molecule has 0 saturated heterocycles. The van der Waals surface area contributed by atoms with Gasteiger partial charge in [0.05, 0.1) is 21.8 Å². The van der Waals surface area contributed by atoms with Crippen molar-refractivity contribution in [1.29, 1.82) is 10.5 Å². The van der Waals surface area contributed by atoms with Crippen molar-refractivity contribution in [3.63, 3.8) is 0 Å². The molecule has 1 aromatic carbocycles. The second-order valence-electron chi connectivity index (χ2n) is 4.25. The highest BCUT2D eigenvalue weighted by Gasteiger charge is 2.40. The van der Waals surface area contributed by atoms with E-state index in [9.17, 15) is 18.4 Å². The zero-order chi connectivity index (χ0) is 16.5. The largest absolute Gasteiger partial charge is 0.432 e. The molecule has 3 nitrogen and oxygen atoms in total. The van der Waals surface area contributed by atoms with Gasteiger partial charge in [-0.25, -0.2) is 0 Å². The van der Waals surface area contributed by atoms with Gasteiger partial charge in [0.15, 0.2) is 0 Å². The number of hydrogen-bond acceptors (Lipinski definition) is 2. The minimum atomic E-state index is -4.70. The molecule has 0 aliphatic rings. The van der Waals surface area contributed by atoms with Crippen LogP contribution in [0.2, 0.25) is 5.02 Å². The van der Waals surface area contributed by atoms with E-state index < -0.39 is 18.4 Å². The number of rotatable bonds is 2. The predicted molar refractivity (Wildman–Crippen MR) is 77.9 cm³/mol. The average Bonchev–Trinajstić information content (AvgIpc) is 2.72. The average molecular weight is 389 g/mol. The summed E-state index contributed by atoms with van der Waals surface area (Å²) in [6.07, 6.45) is -4.70. The Hall–Kier alpha value is -1.96. The second kappa shape index (κ2) is 6.04. The third-order valence-electron chi connectivity index (χ3n) is 2.93. The summed E-state index contributed by atoms with van der Waals surface area (Å²) >= 11 is 8.60. The Balaban J connectivity index is 2.86. The molecule has 0 bridgehead atoms. The Morgan fingerprint density at radius 3 is 2.23 bits per heavy atom. The summed E-state index contributed by atoms with van der Waals surface area (Å²) < 4.78 is 40.2. The summed E-state index contributed by atoms with van der Waals surface area (Å²) in [6, 6.07) is 9.45. The van der Waals surface area contributed by atoms with Crippen LogP contribution in [0.25, 0.3) is 11.3 Å². The van der Waals surface area contributed by atoms with Gasteiger partial charge >= 0.3 is 6.18 Å². The fourth-order valence-corrected chi connectivity index (χ4v) is 2.95. The van der Waals surface area contributed by atoms with E-state index in [2.05, 4.69) is 15.9 Å². The first-order chi connectivity index (χ1) is 10.3. The first-order valence-corrected chi connectivity index (χ1v) is 7.00. The maximum atomic E-state index is 13.3. The Morgan fingerprint density at radius 1 is 1.18 bits per heavy atom. The predicted octanol–water partition coefficient (Wildman–Crippen LogP) is 4.99. The monoisotopic (exact) mass is 387 g/mol. The molecule has 0 aliphatic heterocycles. The Bertz CT molecular complexity index is 795. The van der Waals surface area contributed by atoms with Crippen molar-refractivity contribution in [2.75, 3.05) is 0 Å². The quantitative estimate of drug-likeness (QED) is 0.728. The highest BCUT2D eigenvalue weighted by atomic mass is 79.9. The third-order valence-corrected chi connectivity index (χ3v) is 3.95. The molecule has 2 rings (SSSR count). The molecule has 0 atom stereocenters. The second-order valence-corrected chi connectivity index (χ2v) is 5.48. The Kier molecular flexibility index (Phi) is 4.50. The van der Waals surface area contributed by atoms with Crippen molar-refractivity contribution in [2.24, 2.45) is 0 Å². The molecule has 1 aromatic heterocycles. The summed E-state index contributed by atoms with van der Waals surface area (Å²) in [7, 11) is 0. The number of alkyl halides is 3. The number of benzene rings is 1. The molecule has 0 radical (unpaired) electrons. The molecular formula is C14H6BrClF3N3. The molecule has 0 unspecified atom stereocenters. The topological polar surface area (TPSA) is 52.5 Å². The molecule has 0 aliphatic carbocycles. The van der Waals surface area contributed by atoms with Crippen LogP contribution in [0, 0.1) is 22.7 Å². The van der Waals surface area contributed by atoms with E-state index >= 15 is 0 Å². The normalized spacial score (nSPS) is 11.0. The van der Waals surface area contributed by atoms with Gasteiger partial charge in [-0.1, -0.05) is 23.7 Å². The van der Waals surface area contributed by atoms with E-state index in [0.717, 1.165) is 4.57 Å². The van der Waals surface area contributed by atoms with E-state index in [-0.39, 0.29) is 15.7 Å². The van der Waals surface area contributed by atoms with Crippen molar-refractivity contribution in [3.05, 3.63) is 45.0 Å². The van der Waals surface area contributed by atoms with Gasteiger partial charge in [0.2, 0.25) is 0 Å². The van der Waals surface area contributed by atoms with Crippen LogP contribution < -0.4 is 0 Å². The van der Waals surface area contributed by atoms with Gasteiger partial charge in [0, 0.05) is 5.02 Å². The number of hydrogen-bond donors (Lipinski definition) is 0. The first-order valence-electron chi connectivity index (χ1n) is 5.83. The van der Waals surface area contributed by atoms with E-state index in [1.54, 1.807) is 12.1 Å². The lowest BCUT2D eigenvalue weighted by atomic mass is 10.1. The molecule has 0 amide bonds.